The summed E-state index contributed by atoms with van der Waals surface area (Å²) in [6.45, 7) is 1.07. The van der Waals surface area contributed by atoms with Crippen molar-refractivity contribution in [2.75, 3.05) is 6.54 Å². The van der Waals surface area contributed by atoms with Crippen LogP contribution in [-0.4, -0.2) is 11.7 Å². The minimum Gasteiger partial charge on any atom is -0.506 e. The van der Waals surface area contributed by atoms with Gasteiger partial charge in [-0.25, -0.2) is 0 Å². The molecule has 0 saturated carbocycles. The van der Waals surface area contributed by atoms with Gasteiger partial charge in [0.2, 0.25) is 0 Å². The first-order valence-electron chi connectivity index (χ1n) is 4.99. The average Bonchev–Trinajstić information content (AvgIpc) is 2.23. The highest BCUT2D eigenvalue weighted by Crippen LogP contribution is 2.29. The maximum Gasteiger partial charge on any atom is 0.134 e. The zero-order valence-electron chi connectivity index (χ0n) is 7.96. The molecule has 3 heteroatoms. The van der Waals surface area contributed by atoms with Crippen LogP contribution in [0.1, 0.15) is 30.9 Å². The average molecular weight is 212 g/mol. The summed E-state index contributed by atoms with van der Waals surface area (Å²) in [5.41, 5.74) is 1.17. The van der Waals surface area contributed by atoms with E-state index in [0.717, 1.165) is 13.0 Å². The van der Waals surface area contributed by atoms with Gasteiger partial charge in [-0.3, -0.25) is 0 Å². The van der Waals surface area contributed by atoms with E-state index in [2.05, 4.69) is 5.32 Å². The Hall–Kier alpha value is -0.730. The molecule has 14 heavy (non-hydrogen) atoms. The maximum atomic E-state index is 9.29. The van der Waals surface area contributed by atoms with Crippen LogP contribution in [0.15, 0.2) is 18.2 Å². The van der Waals surface area contributed by atoms with E-state index < -0.39 is 0 Å². The third kappa shape index (κ3) is 2.02. The lowest BCUT2D eigenvalue weighted by molar-refractivity contribution is 0.411. The molecule has 0 radical (unpaired) electrons. The highest BCUT2D eigenvalue weighted by Gasteiger charge is 2.15. The normalized spacial score (nSPS) is 22.2. The molecule has 1 aliphatic heterocycles. The van der Waals surface area contributed by atoms with E-state index in [4.69, 9.17) is 11.6 Å². The van der Waals surface area contributed by atoms with Crippen LogP contribution in [0.5, 0.6) is 5.75 Å². The van der Waals surface area contributed by atoms with E-state index in [1.54, 1.807) is 6.07 Å². The van der Waals surface area contributed by atoms with E-state index in [1.807, 2.05) is 12.1 Å². The van der Waals surface area contributed by atoms with Gasteiger partial charge < -0.3 is 10.4 Å². The van der Waals surface area contributed by atoms with E-state index in [9.17, 15) is 5.11 Å². The van der Waals surface area contributed by atoms with Gasteiger partial charge in [0.25, 0.3) is 0 Å². The topological polar surface area (TPSA) is 32.3 Å². The van der Waals surface area contributed by atoms with Crippen LogP contribution in [-0.2, 0) is 0 Å². The van der Waals surface area contributed by atoms with Crippen LogP contribution in [0.2, 0.25) is 5.02 Å². The van der Waals surface area contributed by atoms with Gasteiger partial charge in [0, 0.05) is 6.04 Å². The number of aromatic hydroxyl groups is 1. The van der Waals surface area contributed by atoms with Crippen molar-refractivity contribution >= 4 is 11.6 Å². The maximum absolute atomic E-state index is 9.29. The summed E-state index contributed by atoms with van der Waals surface area (Å²) in [6, 6.07) is 5.85. The summed E-state index contributed by atoms with van der Waals surface area (Å²) in [6.07, 6.45) is 3.67. The fraction of sp³-hybridized carbons (Fsp3) is 0.455. The number of hydrogen-bond donors (Lipinski definition) is 2. The molecular formula is C11H14ClNO. The quantitative estimate of drug-likeness (QED) is 0.749. The number of hydrogen-bond acceptors (Lipinski definition) is 2. The Morgan fingerprint density at radius 1 is 1.36 bits per heavy atom. The Balaban J connectivity index is 2.18. The van der Waals surface area contributed by atoms with Gasteiger partial charge in [-0.15, -0.1) is 0 Å². The highest BCUT2D eigenvalue weighted by molar-refractivity contribution is 6.32. The first kappa shape index (κ1) is 9.81. The van der Waals surface area contributed by atoms with Crippen molar-refractivity contribution in [3.05, 3.63) is 28.8 Å². The monoisotopic (exact) mass is 211 g/mol. The molecule has 1 aromatic carbocycles. The molecule has 2 N–H and O–H groups in total. The predicted molar refractivity (Wildman–Crippen MR) is 57.7 cm³/mol. The predicted octanol–water partition coefficient (Wildman–Crippen LogP) is 2.86. The van der Waals surface area contributed by atoms with Crippen molar-refractivity contribution in [2.24, 2.45) is 0 Å². The van der Waals surface area contributed by atoms with Gasteiger partial charge in [0.05, 0.1) is 5.02 Å². The van der Waals surface area contributed by atoms with E-state index in [0.29, 0.717) is 11.1 Å². The molecule has 1 heterocycles. The molecule has 1 saturated heterocycles. The molecule has 1 aromatic rings. The second-order valence-corrected chi connectivity index (χ2v) is 4.12. The number of nitrogens with one attached hydrogen (secondary N) is 1. The number of rotatable bonds is 1. The van der Waals surface area contributed by atoms with Crippen molar-refractivity contribution < 1.29 is 5.11 Å². The molecule has 1 fully saturated rings. The molecule has 2 nitrogen and oxygen atoms in total. The fourth-order valence-corrected chi connectivity index (χ4v) is 2.07. The molecule has 0 bridgehead atoms. The summed E-state index contributed by atoms with van der Waals surface area (Å²) in [7, 11) is 0. The highest BCUT2D eigenvalue weighted by atomic mass is 35.5. The van der Waals surface area contributed by atoms with Crippen LogP contribution < -0.4 is 5.32 Å². The van der Waals surface area contributed by atoms with Crippen molar-refractivity contribution in [1.82, 2.24) is 5.32 Å². The lowest BCUT2D eigenvalue weighted by Gasteiger charge is -2.24. The minimum absolute atomic E-state index is 0.159. The van der Waals surface area contributed by atoms with E-state index in [1.165, 1.54) is 18.4 Å². The Bertz CT molecular complexity index is 321. The van der Waals surface area contributed by atoms with E-state index in [-0.39, 0.29) is 5.75 Å². The summed E-state index contributed by atoms with van der Waals surface area (Å²) in [4.78, 5) is 0. The van der Waals surface area contributed by atoms with Crippen LogP contribution in [0.25, 0.3) is 0 Å². The lowest BCUT2D eigenvalue weighted by atomic mass is 9.97. The van der Waals surface area contributed by atoms with Gasteiger partial charge in [-0.05, 0) is 37.1 Å². The van der Waals surface area contributed by atoms with E-state index >= 15 is 0 Å². The smallest absolute Gasteiger partial charge is 0.134 e. The molecule has 0 amide bonds. The van der Waals surface area contributed by atoms with Gasteiger partial charge in [-0.1, -0.05) is 24.1 Å². The van der Waals surface area contributed by atoms with Gasteiger partial charge in [0.1, 0.15) is 5.75 Å². The summed E-state index contributed by atoms with van der Waals surface area (Å²) in [5.74, 6) is 0.159. The molecule has 0 unspecified atom stereocenters. The zero-order valence-corrected chi connectivity index (χ0v) is 8.72. The van der Waals surface area contributed by atoms with Gasteiger partial charge in [-0.2, -0.15) is 0 Å². The Kier molecular flexibility index (Phi) is 2.94. The van der Waals surface area contributed by atoms with Crippen LogP contribution >= 0.6 is 11.6 Å². The van der Waals surface area contributed by atoms with Crippen molar-refractivity contribution in [2.45, 2.75) is 25.3 Å². The molecule has 76 valence electrons. The number of phenolic OH excluding ortho intramolecular Hbond substituents is 1. The summed E-state index contributed by atoms with van der Waals surface area (Å²) >= 11 is 5.86. The number of piperidine rings is 1. The lowest BCUT2D eigenvalue weighted by Crippen LogP contribution is -2.26. The van der Waals surface area contributed by atoms with Gasteiger partial charge in [0.15, 0.2) is 0 Å². The summed E-state index contributed by atoms with van der Waals surface area (Å²) < 4.78 is 0. The SMILES string of the molecule is Oc1ccc([C@@H]2CCCCN2)cc1Cl. The van der Waals surface area contributed by atoms with Crippen molar-refractivity contribution in [3.63, 3.8) is 0 Å². The molecular weight excluding hydrogens is 198 g/mol. The number of halogens is 1. The van der Waals surface area contributed by atoms with Crippen molar-refractivity contribution in [3.8, 4) is 5.75 Å². The third-order valence-corrected chi connectivity index (χ3v) is 2.99. The Morgan fingerprint density at radius 2 is 2.21 bits per heavy atom. The Morgan fingerprint density at radius 3 is 2.86 bits per heavy atom. The van der Waals surface area contributed by atoms with Crippen LogP contribution in [0.3, 0.4) is 0 Å². The van der Waals surface area contributed by atoms with Crippen LogP contribution in [0, 0.1) is 0 Å². The largest absolute Gasteiger partial charge is 0.506 e. The summed E-state index contributed by atoms with van der Waals surface area (Å²) in [5, 5.41) is 13.2. The molecule has 1 atom stereocenters. The minimum atomic E-state index is 0.159. The first-order valence-corrected chi connectivity index (χ1v) is 5.37. The first-order chi connectivity index (χ1) is 6.77. The molecule has 1 aliphatic rings. The van der Waals surface area contributed by atoms with Crippen molar-refractivity contribution in [1.29, 1.82) is 0 Å². The molecule has 0 aromatic heterocycles. The third-order valence-electron chi connectivity index (χ3n) is 2.68. The zero-order chi connectivity index (χ0) is 9.97. The molecule has 0 aliphatic carbocycles. The standard InChI is InChI=1S/C11H14ClNO/c12-9-7-8(4-5-11(9)14)10-3-1-2-6-13-10/h4-5,7,10,13-14H,1-3,6H2/t10-/m0/s1. The van der Waals surface area contributed by atoms with Gasteiger partial charge >= 0.3 is 0 Å². The molecule has 0 spiro atoms. The molecule has 2 rings (SSSR count). The number of benzene rings is 1. The second kappa shape index (κ2) is 4.20. The van der Waals surface area contributed by atoms with Crippen LogP contribution in [0.4, 0.5) is 0 Å². The number of phenols is 1. The Labute approximate surface area is 88.9 Å². The fourth-order valence-electron chi connectivity index (χ4n) is 1.88. The second-order valence-electron chi connectivity index (χ2n) is 3.71.